The maximum absolute atomic E-state index is 11.1. The van der Waals surface area contributed by atoms with E-state index in [-0.39, 0.29) is 10.6 Å². The van der Waals surface area contributed by atoms with E-state index in [2.05, 4.69) is 19.2 Å². The molecule has 4 nitrogen and oxygen atoms in total. The van der Waals surface area contributed by atoms with Crippen LogP contribution in [0, 0.1) is 22.0 Å². The molecule has 0 heterocycles. The van der Waals surface area contributed by atoms with Crippen LogP contribution in [-0.4, -0.2) is 17.5 Å². The Hall–Kier alpha value is -1.42. The van der Waals surface area contributed by atoms with Crippen LogP contribution >= 0.6 is 0 Å². The molecule has 104 valence electrons. The second-order valence-corrected chi connectivity index (χ2v) is 5.53. The lowest BCUT2D eigenvalue weighted by atomic mass is 9.99. The normalized spacial score (nSPS) is 23.1. The van der Waals surface area contributed by atoms with E-state index in [1.807, 2.05) is 12.1 Å². The lowest BCUT2D eigenvalue weighted by Gasteiger charge is -2.18. The molecule has 1 saturated carbocycles. The average Bonchev–Trinajstić information content (AvgIpc) is 3.12. The Morgan fingerprint density at radius 3 is 2.74 bits per heavy atom. The molecule has 0 saturated heterocycles. The number of hydrogen-bond donors (Lipinski definition) is 1. The summed E-state index contributed by atoms with van der Waals surface area (Å²) in [5.74, 6) is 1.42. The SMILES string of the molecule is CCCNC(Cc1ccccc1[N+](=O)[O-])C1CC1C. The molecule has 0 amide bonds. The second kappa shape index (κ2) is 6.15. The van der Waals surface area contributed by atoms with Gasteiger partial charge in [-0.25, -0.2) is 0 Å². The van der Waals surface area contributed by atoms with Crippen LogP contribution in [0.4, 0.5) is 5.69 Å². The first kappa shape index (κ1) is 14.0. The summed E-state index contributed by atoms with van der Waals surface area (Å²) in [6, 6.07) is 7.47. The van der Waals surface area contributed by atoms with E-state index in [0.717, 1.165) is 30.9 Å². The van der Waals surface area contributed by atoms with Crippen LogP contribution in [0.3, 0.4) is 0 Å². The molecular weight excluding hydrogens is 240 g/mol. The van der Waals surface area contributed by atoms with Gasteiger partial charge in [-0.05, 0) is 37.6 Å². The van der Waals surface area contributed by atoms with Gasteiger partial charge < -0.3 is 5.32 Å². The van der Waals surface area contributed by atoms with Gasteiger partial charge in [0.15, 0.2) is 0 Å². The number of nitro groups is 1. The number of nitrogens with one attached hydrogen (secondary N) is 1. The van der Waals surface area contributed by atoms with Gasteiger partial charge in [-0.3, -0.25) is 10.1 Å². The number of hydrogen-bond acceptors (Lipinski definition) is 3. The van der Waals surface area contributed by atoms with Gasteiger partial charge in [-0.15, -0.1) is 0 Å². The van der Waals surface area contributed by atoms with Crippen molar-refractivity contribution in [3.8, 4) is 0 Å². The van der Waals surface area contributed by atoms with Gasteiger partial charge in [0.1, 0.15) is 0 Å². The van der Waals surface area contributed by atoms with E-state index >= 15 is 0 Å². The van der Waals surface area contributed by atoms with Crippen molar-refractivity contribution in [2.75, 3.05) is 6.54 Å². The molecule has 0 radical (unpaired) electrons. The zero-order valence-corrected chi connectivity index (χ0v) is 11.6. The zero-order valence-electron chi connectivity index (χ0n) is 11.6. The highest BCUT2D eigenvalue weighted by Crippen LogP contribution is 2.42. The minimum Gasteiger partial charge on any atom is -0.313 e. The van der Waals surface area contributed by atoms with Gasteiger partial charge in [0.05, 0.1) is 4.92 Å². The predicted molar refractivity (Wildman–Crippen MR) is 76.2 cm³/mol. The zero-order chi connectivity index (χ0) is 13.8. The lowest BCUT2D eigenvalue weighted by molar-refractivity contribution is -0.385. The van der Waals surface area contributed by atoms with Crippen molar-refractivity contribution in [2.24, 2.45) is 11.8 Å². The highest BCUT2D eigenvalue weighted by Gasteiger charge is 2.39. The van der Waals surface area contributed by atoms with Gasteiger partial charge in [0.25, 0.3) is 5.69 Å². The third-order valence-corrected chi connectivity index (χ3v) is 3.97. The summed E-state index contributed by atoms with van der Waals surface area (Å²) in [6.45, 7) is 5.38. The van der Waals surface area contributed by atoms with Gasteiger partial charge in [-0.1, -0.05) is 32.0 Å². The van der Waals surface area contributed by atoms with Gasteiger partial charge in [-0.2, -0.15) is 0 Å². The van der Waals surface area contributed by atoms with E-state index in [4.69, 9.17) is 0 Å². The number of rotatable bonds is 7. The van der Waals surface area contributed by atoms with Crippen molar-refractivity contribution >= 4 is 5.69 Å². The summed E-state index contributed by atoms with van der Waals surface area (Å²) in [7, 11) is 0. The quantitative estimate of drug-likeness (QED) is 0.606. The van der Waals surface area contributed by atoms with E-state index in [1.54, 1.807) is 12.1 Å². The molecule has 3 unspecified atom stereocenters. The fourth-order valence-electron chi connectivity index (χ4n) is 2.71. The Labute approximate surface area is 114 Å². The monoisotopic (exact) mass is 262 g/mol. The van der Waals surface area contributed by atoms with Crippen molar-refractivity contribution < 1.29 is 4.92 Å². The molecule has 0 aromatic heterocycles. The molecule has 0 aliphatic heterocycles. The lowest BCUT2D eigenvalue weighted by Crippen LogP contribution is -2.34. The topological polar surface area (TPSA) is 55.2 Å². The maximum Gasteiger partial charge on any atom is 0.272 e. The molecule has 2 rings (SSSR count). The summed E-state index contributed by atoms with van der Waals surface area (Å²) >= 11 is 0. The van der Waals surface area contributed by atoms with Crippen LogP contribution in [0.2, 0.25) is 0 Å². The largest absolute Gasteiger partial charge is 0.313 e. The van der Waals surface area contributed by atoms with Crippen molar-refractivity contribution in [2.45, 2.75) is 39.2 Å². The van der Waals surface area contributed by atoms with E-state index in [1.165, 1.54) is 6.42 Å². The van der Waals surface area contributed by atoms with Crippen LogP contribution in [0.1, 0.15) is 32.3 Å². The summed E-state index contributed by atoms with van der Waals surface area (Å²) < 4.78 is 0. The molecule has 1 fully saturated rings. The molecule has 4 heteroatoms. The standard InChI is InChI=1S/C15H22N2O2/c1-3-8-16-14(13-9-11(13)2)10-12-6-4-5-7-15(12)17(18)19/h4-7,11,13-14,16H,3,8-10H2,1-2H3. The highest BCUT2D eigenvalue weighted by molar-refractivity contribution is 5.40. The molecule has 3 atom stereocenters. The van der Waals surface area contributed by atoms with Crippen LogP contribution < -0.4 is 5.32 Å². The smallest absolute Gasteiger partial charge is 0.272 e. The molecule has 1 N–H and O–H groups in total. The molecule has 0 bridgehead atoms. The Morgan fingerprint density at radius 2 is 2.16 bits per heavy atom. The summed E-state index contributed by atoms with van der Waals surface area (Å²) in [5.41, 5.74) is 1.10. The number of para-hydroxylation sites is 1. The molecule has 0 spiro atoms. The summed E-state index contributed by atoms with van der Waals surface area (Å²) in [4.78, 5) is 10.8. The third-order valence-electron chi connectivity index (χ3n) is 3.97. The third kappa shape index (κ3) is 3.53. The van der Waals surface area contributed by atoms with E-state index < -0.39 is 0 Å². The molecule has 1 aromatic carbocycles. The van der Waals surface area contributed by atoms with Crippen molar-refractivity contribution in [1.82, 2.24) is 5.32 Å². The van der Waals surface area contributed by atoms with Crippen LogP contribution in [0.25, 0.3) is 0 Å². The van der Waals surface area contributed by atoms with Crippen LogP contribution in [0.15, 0.2) is 24.3 Å². The number of nitrogens with zero attached hydrogens (tertiary/aromatic N) is 1. The van der Waals surface area contributed by atoms with Crippen molar-refractivity contribution in [3.63, 3.8) is 0 Å². The minimum atomic E-state index is -0.275. The van der Waals surface area contributed by atoms with Gasteiger partial charge in [0, 0.05) is 17.7 Å². The predicted octanol–water partition coefficient (Wildman–Crippen LogP) is 3.16. The number of benzene rings is 1. The first-order chi connectivity index (χ1) is 9.13. The van der Waals surface area contributed by atoms with E-state index in [0.29, 0.717) is 12.0 Å². The fourth-order valence-corrected chi connectivity index (χ4v) is 2.71. The molecular formula is C15H22N2O2. The number of nitro benzene ring substituents is 1. The Morgan fingerprint density at radius 1 is 1.47 bits per heavy atom. The van der Waals surface area contributed by atoms with Crippen LogP contribution in [0.5, 0.6) is 0 Å². The molecule has 1 aliphatic carbocycles. The minimum absolute atomic E-state index is 0.249. The molecule has 19 heavy (non-hydrogen) atoms. The van der Waals surface area contributed by atoms with Crippen molar-refractivity contribution in [1.29, 1.82) is 0 Å². The first-order valence-corrected chi connectivity index (χ1v) is 7.09. The highest BCUT2D eigenvalue weighted by atomic mass is 16.6. The van der Waals surface area contributed by atoms with Crippen molar-refractivity contribution in [3.05, 3.63) is 39.9 Å². The fraction of sp³-hybridized carbons (Fsp3) is 0.600. The maximum atomic E-state index is 11.1. The second-order valence-electron chi connectivity index (χ2n) is 5.53. The van der Waals surface area contributed by atoms with Gasteiger partial charge >= 0.3 is 0 Å². The molecule has 1 aromatic rings. The Bertz CT molecular complexity index is 448. The Balaban J connectivity index is 2.10. The van der Waals surface area contributed by atoms with Crippen LogP contribution in [-0.2, 0) is 6.42 Å². The summed E-state index contributed by atoms with van der Waals surface area (Å²) in [6.07, 6.45) is 3.09. The van der Waals surface area contributed by atoms with E-state index in [9.17, 15) is 10.1 Å². The average molecular weight is 262 g/mol. The van der Waals surface area contributed by atoms with Gasteiger partial charge in [0.2, 0.25) is 0 Å². The Kier molecular flexibility index (Phi) is 4.53. The molecule has 1 aliphatic rings. The first-order valence-electron chi connectivity index (χ1n) is 7.09. The summed E-state index contributed by atoms with van der Waals surface area (Å²) in [5, 5.41) is 14.6.